The molecule has 94 valence electrons. The fourth-order valence-electron chi connectivity index (χ4n) is 2.71. The van der Waals surface area contributed by atoms with E-state index in [2.05, 4.69) is 6.92 Å². The van der Waals surface area contributed by atoms with Gasteiger partial charge in [-0.25, -0.2) is 0 Å². The first-order valence-electron chi connectivity index (χ1n) is 6.73. The van der Waals surface area contributed by atoms with Crippen molar-refractivity contribution in [2.45, 2.75) is 71.1 Å². The summed E-state index contributed by atoms with van der Waals surface area (Å²) in [6.45, 7) is 2.26. The van der Waals surface area contributed by atoms with Gasteiger partial charge in [0.1, 0.15) is 0 Å². The standard InChI is InChI=1S/C14H26O2/c1-14(12-13(15)16-2)10-8-6-4-3-5-7-9-11-14/h3-12H2,1-2H3. The normalized spacial score (nSPS) is 22.4. The fourth-order valence-corrected chi connectivity index (χ4v) is 2.71. The molecule has 1 aliphatic carbocycles. The Morgan fingerprint density at radius 1 is 1.00 bits per heavy atom. The van der Waals surface area contributed by atoms with Gasteiger partial charge in [-0.15, -0.1) is 0 Å². The van der Waals surface area contributed by atoms with Crippen LogP contribution >= 0.6 is 0 Å². The molecular weight excluding hydrogens is 200 g/mol. The summed E-state index contributed by atoms with van der Waals surface area (Å²) in [5.74, 6) is -0.0421. The van der Waals surface area contributed by atoms with Gasteiger partial charge in [0.2, 0.25) is 0 Å². The third kappa shape index (κ3) is 5.00. The second-order valence-corrected chi connectivity index (χ2v) is 5.54. The highest BCUT2D eigenvalue weighted by atomic mass is 16.5. The van der Waals surface area contributed by atoms with E-state index < -0.39 is 0 Å². The number of rotatable bonds is 2. The van der Waals surface area contributed by atoms with Crippen LogP contribution in [0.1, 0.15) is 71.1 Å². The largest absolute Gasteiger partial charge is 0.469 e. The summed E-state index contributed by atoms with van der Waals surface area (Å²) in [6, 6.07) is 0. The zero-order valence-corrected chi connectivity index (χ0v) is 10.9. The summed E-state index contributed by atoms with van der Waals surface area (Å²) < 4.78 is 4.81. The SMILES string of the molecule is COC(=O)CC1(C)CCCCCCCCC1. The Kier molecular flexibility index (Phi) is 5.86. The molecule has 16 heavy (non-hydrogen) atoms. The molecule has 0 amide bonds. The maximum atomic E-state index is 11.4. The van der Waals surface area contributed by atoms with Crippen LogP contribution in [0.15, 0.2) is 0 Å². The Balaban J connectivity index is 2.47. The molecule has 0 aliphatic heterocycles. The molecule has 1 aliphatic rings. The second kappa shape index (κ2) is 6.93. The highest BCUT2D eigenvalue weighted by Gasteiger charge is 2.27. The number of ether oxygens (including phenoxy) is 1. The molecule has 2 heteroatoms. The lowest BCUT2D eigenvalue weighted by atomic mass is 9.76. The lowest BCUT2D eigenvalue weighted by molar-refractivity contribution is -0.143. The van der Waals surface area contributed by atoms with E-state index in [1.165, 1.54) is 64.9 Å². The molecule has 1 fully saturated rings. The number of hydrogen-bond acceptors (Lipinski definition) is 2. The van der Waals surface area contributed by atoms with Gasteiger partial charge in [0.25, 0.3) is 0 Å². The number of esters is 1. The van der Waals surface area contributed by atoms with Crippen LogP contribution in [0, 0.1) is 5.41 Å². The molecule has 0 heterocycles. The van der Waals surface area contributed by atoms with Gasteiger partial charge in [-0.05, 0) is 18.3 Å². The molecule has 0 unspecified atom stereocenters. The maximum Gasteiger partial charge on any atom is 0.306 e. The van der Waals surface area contributed by atoms with Gasteiger partial charge in [0, 0.05) is 0 Å². The third-order valence-corrected chi connectivity index (χ3v) is 3.86. The number of carbonyl (C=O) groups is 1. The van der Waals surface area contributed by atoms with E-state index in [1.807, 2.05) is 0 Å². The van der Waals surface area contributed by atoms with Crippen LogP contribution in [0.3, 0.4) is 0 Å². The Hall–Kier alpha value is -0.530. The first-order valence-corrected chi connectivity index (χ1v) is 6.73. The summed E-state index contributed by atoms with van der Waals surface area (Å²) in [6.07, 6.45) is 12.3. The van der Waals surface area contributed by atoms with Gasteiger partial charge >= 0.3 is 5.97 Å². The smallest absolute Gasteiger partial charge is 0.306 e. The van der Waals surface area contributed by atoms with Crippen molar-refractivity contribution in [3.8, 4) is 0 Å². The van der Waals surface area contributed by atoms with Crippen LogP contribution in [0.25, 0.3) is 0 Å². The van der Waals surface area contributed by atoms with Crippen LogP contribution in [-0.2, 0) is 9.53 Å². The highest BCUT2D eigenvalue weighted by molar-refractivity contribution is 5.70. The molecule has 0 bridgehead atoms. The zero-order chi connectivity index (χ0) is 11.9. The average molecular weight is 226 g/mol. The molecule has 1 saturated carbocycles. The van der Waals surface area contributed by atoms with Crippen molar-refractivity contribution in [3.05, 3.63) is 0 Å². The first kappa shape index (κ1) is 13.5. The molecule has 0 N–H and O–H groups in total. The minimum absolute atomic E-state index is 0.0421. The van der Waals surface area contributed by atoms with Crippen molar-refractivity contribution >= 4 is 5.97 Å². The Morgan fingerprint density at radius 3 is 1.88 bits per heavy atom. The zero-order valence-electron chi connectivity index (χ0n) is 10.9. The molecule has 0 spiro atoms. The molecule has 2 nitrogen and oxygen atoms in total. The maximum absolute atomic E-state index is 11.4. The van der Waals surface area contributed by atoms with E-state index in [9.17, 15) is 4.79 Å². The Morgan fingerprint density at radius 2 is 1.44 bits per heavy atom. The van der Waals surface area contributed by atoms with E-state index in [-0.39, 0.29) is 11.4 Å². The van der Waals surface area contributed by atoms with Crippen LogP contribution < -0.4 is 0 Å². The van der Waals surface area contributed by atoms with Crippen LogP contribution in [0.4, 0.5) is 0 Å². The molecule has 0 aromatic rings. The van der Waals surface area contributed by atoms with Crippen molar-refractivity contribution in [3.63, 3.8) is 0 Å². The minimum Gasteiger partial charge on any atom is -0.469 e. The number of carbonyl (C=O) groups excluding carboxylic acids is 1. The van der Waals surface area contributed by atoms with Gasteiger partial charge in [-0.1, -0.05) is 51.9 Å². The number of methoxy groups -OCH3 is 1. The summed E-state index contributed by atoms with van der Waals surface area (Å²) >= 11 is 0. The minimum atomic E-state index is -0.0421. The van der Waals surface area contributed by atoms with Crippen molar-refractivity contribution in [1.82, 2.24) is 0 Å². The second-order valence-electron chi connectivity index (χ2n) is 5.54. The van der Waals surface area contributed by atoms with Crippen molar-refractivity contribution in [1.29, 1.82) is 0 Å². The molecular formula is C14H26O2. The van der Waals surface area contributed by atoms with Crippen molar-refractivity contribution in [2.75, 3.05) is 7.11 Å². The van der Waals surface area contributed by atoms with Crippen molar-refractivity contribution in [2.24, 2.45) is 5.41 Å². The van der Waals surface area contributed by atoms with E-state index in [0.717, 1.165) is 0 Å². The topological polar surface area (TPSA) is 26.3 Å². The summed E-state index contributed by atoms with van der Waals surface area (Å²) in [4.78, 5) is 11.4. The van der Waals surface area contributed by atoms with Gasteiger partial charge < -0.3 is 4.74 Å². The predicted octanol–water partition coefficient (Wildman–Crippen LogP) is 4.08. The van der Waals surface area contributed by atoms with Crippen LogP contribution in [-0.4, -0.2) is 13.1 Å². The van der Waals surface area contributed by atoms with Crippen molar-refractivity contribution < 1.29 is 9.53 Å². The first-order chi connectivity index (χ1) is 7.66. The average Bonchev–Trinajstić information content (AvgIpc) is 2.27. The number of hydrogen-bond donors (Lipinski definition) is 0. The summed E-state index contributed by atoms with van der Waals surface area (Å²) in [5.41, 5.74) is 0.185. The molecule has 0 radical (unpaired) electrons. The van der Waals surface area contributed by atoms with E-state index in [4.69, 9.17) is 4.74 Å². The lowest BCUT2D eigenvalue weighted by Crippen LogP contribution is -2.22. The quantitative estimate of drug-likeness (QED) is 0.663. The van der Waals surface area contributed by atoms with E-state index in [0.29, 0.717) is 6.42 Å². The summed E-state index contributed by atoms with van der Waals surface area (Å²) in [7, 11) is 1.49. The Bertz CT molecular complexity index is 201. The van der Waals surface area contributed by atoms with Crippen LogP contribution in [0.2, 0.25) is 0 Å². The van der Waals surface area contributed by atoms with Gasteiger partial charge in [0.05, 0.1) is 13.5 Å². The molecule has 0 aromatic carbocycles. The molecule has 1 rings (SSSR count). The molecule has 0 saturated heterocycles. The summed E-state index contributed by atoms with van der Waals surface area (Å²) in [5, 5.41) is 0. The van der Waals surface area contributed by atoms with Crippen LogP contribution in [0.5, 0.6) is 0 Å². The molecule has 0 atom stereocenters. The van der Waals surface area contributed by atoms with Gasteiger partial charge in [0.15, 0.2) is 0 Å². The van der Waals surface area contributed by atoms with Gasteiger partial charge in [-0.3, -0.25) is 4.79 Å². The van der Waals surface area contributed by atoms with E-state index in [1.54, 1.807) is 0 Å². The van der Waals surface area contributed by atoms with Gasteiger partial charge in [-0.2, -0.15) is 0 Å². The Labute approximate surface area is 99.8 Å². The monoisotopic (exact) mass is 226 g/mol. The lowest BCUT2D eigenvalue weighted by Gasteiger charge is -2.29. The third-order valence-electron chi connectivity index (χ3n) is 3.86. The van der Waals surface area contributed by atoms with E-state index >= 15 is 0 Å². The predicted molar refractivity (Wildman–Crippen MR) is 66.3 cm³/mol. The fraction of sp³-hybridized carbons (Fsp3) is 0.929. The molecule has 0 aromatic heterocycles. The highest BCUT2D eigenvalue weighted by Crippen LogP contribution is 2.36.